The molecule has 2 fully saturated rings. The summed E-state index contributed by atoms with van der Waals surface area (Å²) in [5.41, 5.74) is 4.28. The highest BCUT2D eigenvalue weighted by Crippen LogP contribution is 2.43. The Morgan fingerprint density at radius 1 is 0.649 bits per heavy atom. The molecule has 0 saturated heterocycles. The molecule has 2 aliphatic carbocycles. The van der Waals surface area contributed by atoms with Gasteiger partial charge in [-0.3, -0.25) is 4.39 Å². The summed E-state index contributed by atoms with van der Waals surface area (Å²) < 4.78 is 27.1. The van der Waals surface area contributed by atoms with Crippen molar-refractivity contribution in [3.63, 3.8) is 0 Å². The van der Waals surface area contributed by atoms with Crippen LogP contribution < -0.4 is 0 Å². The molecule has 2 aromatic carbocycles. The Bertz CT molecular complexity index is 901. The number of benzene rings is 2. The molecule has 0 bridgehead atoms. The molecule has 0 amide bonds. The van der Waals surface area contributed by atoms with Crippen molar-refractivity contribution in [1.29, 1.82) is 0 Å². The summed E-state index contributed by atoms with van der Waals surface area (Å²) in [6.07, 6.45) is 21.4. The third-order valence-electron chi connectivity index (χ3n) is 9.77. The Balaban J connectivity index is 1.13. The van der Waals surface area contributed by atoms with Crippen molar-refractivity contribution in [3.8, 4) is 11.1 Å². The lowest BCUT2D eigenvalue weighted by molar-refractivity contribution is 0.140. The first kappa shape index (κ1) is 28.3. The molecule has 0 N–H and O–H groups in total. The van der Waals surface area contributed by atoms with Crippen LogP contribution in [0.5, 0.6) is 0 Å². The van der Waals surface area contributed by atoms with E-state index in [1.54, 1.807) is 6.07 Å². The Labute approximate surface area is 225 Å². The number of rotatable bonds is 13. The van der Waals surface area contributed by atoms with Crippen molar-refractivity contribution in [2.24, 2.45) is 23.7 Å². The van der Waals surface area contributed by atoms with Crippen LogP contribution in [0.2, 0.25) is 0 Å². The molecule has 0 unspecified atom stereocenters. The molecule has 0 aliphatic heterocycles. The zero-order chi connectivity index (χ0) is 25.9. The predicted molar refractivity (Wildman–Crippen MR) is 154 cm³/mol. The van der Waals surface area contributed by atoms with Gasteiger partial charge in [-0.2, -0.15) is 0 Å². The fraction of sp³-hybridized carbons (Fsp3) is 0.657. The first-order valence-corrected chi connectivity index (χ1v) is 15.6. The van der Waals surface area contributed by atoms with Crippen LogP contribution in [0.4, 0.5) is 8.78 Å². The number of alkyl halides is 1. The minimum atomic E-state index is -0.146. The smallest absolute Gasteiger partial charge is 0.127 e. The third-order valence-corrected chi connectivity index (χ3v) is 9.77. The van der Waals surface area contributed by atoms with Gasteiger partial charge in [-0.25, -0.2) is 4.39 Å². The maximum atomic E-state index is 14.9. The van der Waals surface area contributed by atoms with Gasteiger partial charge in [0.25, 0.3) is 0 Å². The molecule has 0 nitrogen and oxygen atoms in total. The molecule has 2 heteroatoms. The van der Waals surface area contributed by atoms with Crippen molar-refractivity contribution in [2.75, 3.05) is 6.67 Å². The zero-order valence-corrected chi connectivity index (χ0v) is 23.3. The van der Waals surface area contributed by atoms with E-state index in [-0.39, 0.29) is 12.5 Å². The number of hydrogen-bond acceptors (Lipinski definition) is 0. The summed E-state index contributed by atoms with van der Waals surface area (Å²) in [5.74, 6) is 3.57. The summed E-state index contributed by atoms with van der Waals surface area (Å²) in [7, 11) is 0. The first-order valence-electron chi connectivity index (χ1n) is 15.6. The number of aryl methyl sites for hydroxylation is 2. The molecule has 0 spiro atoms. The molecule has 0 aromatic heterocycles. The summed E-state index contributed by atoms with van der Waals surface area (Å²) in [4.78, 5) is 0. The molecule has 0 atom stereocenters. The van der Waals surface area contributed by atoms with Gasteiger partial charge in [0, 0.05) is 0 Å². The van der Waals surface area contributed by atoms with E-state index in [1.807, 2.05) is 6.07 Å². The van der Waals surface area contributed by atoms with Crippen molar-refractivity contribution < 1.29 is 8.78 Å². The number of unbranched alkanes of at least 4 members (excludes halogenated alkanes) is 4. The molecule has 37 heavy (non-hydrogen) atoms. The van der Waals surface area contributed by atoms with Gasteiger partial charge in [0.15, 0.2) is 0 Å². The van der Waals surface area contributed by atoms with Gasteiger partial charge in [0.2, 0.25) is 0 Å². The Kier molecular flexibility index (Phi) is 11.5. The molecule has 2 aromatic rings. The summed E-state index contributed by atoms with van der Waals surface area (Å²) in [5, 5.41) is 0. The lowest BCUT2D eigenvalue weighted by Gasteiger charge is -2.38. The standard InChI is InChI=1S/C35H50F2/c1-2-27-9-16-32(17-10-27)34-24-23-33(35(37)26-34)22-15-29-13-20-31(21-14-29)30-18-11-28(12-19-30)8-6-4-3-5-7-25-36/h9-10,16-17,23-24,26,28-31H,2-8,11-15,18-22,25H2,1H3. The average Bonchev–Trinajstić information content (AvgIpc) is 2.95. The van der Waals surface area contributed by atoms with Crippen LogP contribution in [0.1, 0.15) is 114 Å². The minimum absolute atomic E-state index is 0.0396. The van der Waals surface area contributed by atoms with E-state index in [0.29, 0.717) is 0 Å². The van der Waals surface area contributed by atoms with E-state index >= 15 is 0 Å². The van der Waals surface area contributed by atoms with E-state index in [2.05, 4.69) is 37.3 Å². The minimum Gasteiger partial charge on any atom is -0.251 e. The second-order valence-corrected chi connectivity index (χ2v) is 12.2. The van der Waals surface area contributed by atoms with Crippen LogP contribution in [0, 0.1) is 29.5 Å². The van der Waals surface area contributed by atoms with Gasteiger partial charge in [-0.15, -0.1) is 0 Å². The van der Waals surface area contributed by atoms with Gasteiger partial charge >= 0.3 is 0 Å². The van der Waals surface area contributed by atoms with E-state index in [4.69, 9.17) is 0 Å². The lowest BCUT2D eigenvalue weighted by atomic mass is 9.68. The fourth-order valence-corrected chi connectivity index (χ4v) is 7.18. The number of hydrogen-bond donors (Lipinski definition) is 0. The Morgan fingerprint density at radius 2 is 1.22 bits per heavy atom. The monoisotopic (exact) mass is 508 g/mol. The maximum absolute atomic E-state index is 14.9. The van der Waals surface area contributed by atoms with E-state index in [1.165, 1.54) is 82.6 Å². The van der Waals surface area contributed by atoms with Crippen LogP contribution in [0.25, 0.3) is 11.1 Å². The fourth-order valence-electron chi connectivity index (χ4n) is 7.18. The van der Waals surface area contributed by atoms with E-state index in [9.17, 15) is 8.78 Å². The molecule has 4 rings (SSSR count). The first-order chi connectivity index (χ1) is 18.2. The normalized spacial score (nSPS) is 24.3. The zero-order valence-electron chi connectivity index (χ0n) is 23.3. The second-order valence-electron chi connectivity index (χ2n) is 12.2. The van der Waals surface area contributed by atoms with Gasteiger partial charge in [0.1, 0.15) is 5.82 Å². The molecule has 204 valence electrons. The third kappa shape index (κ3) is 8.66. The highest BCUT2D eigenvalue weighted by Gasteiger charge is 2.30. The van der Waals surface area contributed by atoms with E-state index < -0.39 is 0 Å². The van der Waals surface area contributed by atoms with Gasteiger partial charge < -0.3 is 0 Å². The average molecular weight is 509 g/mol. The van der Waals surface area contributed by atoms with Crippen LogP contribution in [-0.4, -0.2) is 6.67 Å². The van der Waals surface area contributed by atoms with Crippen LogP contribution in [0.15, 0.2) is 42.5 Å². The summed E-state index contributed by atoms with van der Waals surface area (Å²) in [6.45, 7) is 2.01. The molecule has 2 saturated carbocycles. The van der Waals surface area contributed by atoms with Gasteiger partial charge in [-0.05, 0) is 103 Å². The predicted octanol–water partition coefficient (Wildman–Crippen LogP) is 10.9. The topological polar surface area (TPSA) is 0 Å². The number of halogens is 2. The van der Waals surface area contributed by atoms with Crippen LogP contribution in [-0.2, 0) is 12.8 Å². The Morgan fingerprint density at radius 3 is 1.81 bits per heavy atom. The van der Waals surface area contributed by atoms with Crippen LogP contribution in [0.3, 0.4) is 0 Å². The highest BCUT2D eigenvalue weighted by molar-refractivity contribution is 5.64. The molecular formula is C35H50F2. The largest absolute Gasteiger partial charge is 0.251 e. The highest BCUT2D eigenvalue weighted by atomic mass is 19.1. The SMILES string of the molecule is CCc1ccc(-c2ccc(CCC3CCC(C4CCC(CCCCCCCF)CC4)CC3)c(F)c2)cc1. The molecular weight excluding hydrogens is 458 g/mol. The maximum Gasteiger partial charge on any atom is 0.127 e. The molecule has 2 aliphatic rings. The quantitative estimate of drug-likeness (QED) is 0.236. The Hall–Kier alpha value is -1.70. The molecule has 0 radical (unpaired) electrons. The van der Waals surface area contributed by atoms with Crippen molar-refractivity contribution in [3.05, 3.63) is 59.4 Å². The summed E-state index contributed by atoms with van der Waals surface area (Å²) >= 11 is 0. The van der Waals surface area contributed by atoms with Crippen LogP contribution >= 0.6 is 0 Å². The van der Waals surface area contributed by atoms with Crippen molar-refractivity contribution >= 4 is 0 Å². The van der Waals surface area contributed by atoms with Gasteiger partial charge in [-0.1, -0.05) is 101 Å². The van der Waals surface area contributed by atoms with Gasteiger partial charge in [0.05, 0.1) is 6.67 Å². The lowest BCUT2D eigenvalue weighted by Crippen LogP contribution is -2.26. The second kappa shape index (κ2) is 15.0. The summed E-state index contributed by atoms with van der Waals surface area (Å²) in [6, 6.07) is 14.4. The van der Waals surface area contributed by atoms with Crippen molar-refractivity contribution in [1.82, 2.24) is 0 Å². The van der Waals surface area contributed by atoms with Crippen molar-refractivity contribution in [2.45, 2.75) is 116 Å². The van der Waals surface area contributed by atoms with E-state index in [0.717, 1.165) is 72.5 Å². The molecule has 0 heterocycles.